The van der Waals surface area contributed by atoms with E-state index < -0.39 is 29.5 Å². The maximum atomic E-state index is 14.1. The predicted molar refractivity (Wildman–Crippen MR) is 145 cm³/mol. The number of aromatic nitrogens is 5. The van der Waals surface area contributed by atoms with Gasteiger partial charge in [0.15, 0.2) is 0 Å². The van der Waals surface area contributed by atoms with Crippen LogP contribution in [0.15, 0.2) is 54.9 Å². The van der Waals surface area contributed by atoms with E-state index >= 15 is 0 Å². The first-order chi connectivity index (χ1) is 19.8. The van der Waals surface area contributed by atoms with Gasteiger partial charge in [0.2, 0.25) is 0 Å². The number of hydrogen-bond acceptors (Lipinski definition) is 6. The van der Waals surface area contributed by atoms with Crippen LogP contribution in [0.2, 0.25) is 0 Å². The average molecular weight is 590 g/mol. The summed E-state index contributed by atoms with van der Waals surface area (Å²) < 4.78 is 83.3. The Bertz CT molecular complexity index is 1550. The molecule has 1 aliphatic heterocycles. The summed E-state index contributed by atoms with van der Waals surface area (Å²) in [5.74, 6) is 0.170. The Balaban J connectivity index is 1.64. The second kappa shape index (κ2) is 11.3. The molecule has 0 spiro atoms. The van der Waals surface area contributed by atoms with Gasteiger partial charge in [-0.05, 0) is 84.5 Å². The molecule has 1 atom stereocenters. The zero-order chi connectivity index (χ0) is 30.2. The van der Waals surface area contributed by atoms with Crippen molar-refractivity contribution in [1.82, 2.24) is 25.2 Å². The fourth-order valence-electron chi connectivity index (χ4n) is 5.54. The van der Waals surface area contributed by atoms with Crippen molar-refractivity contribution < 1.29 is 26.3 Å². The van der Waals surface area contributed by atoms with Gasteiger partial charge in [-0.25, -0.2) is 0 Å². The van der Waals surface area contributed by atoms with Crippen molar-refractivity contribution in [1.29, 1.82) is 0 Å². The van der Waals surface area contributed by atoms with E-state index in [9.17, 15) is 26.3 Å². The molecule has 0 amide bonds. The molecular formula is C29H29F6N7. The molecule has 0 aliphatic carbocycles. The zero-order valence-corrected chi connectivity index (χ0v) is 23.2. The van der Waals surface area contributed by atoms with Crippen molar-refractivity contribution in [2.75, 3.05) is 16.3 Å². The van der Waals surface area contributed by atoms with Crippen LogP contribution in [0.5, 0.6) is 0 Å². The van der Waals surface area contributed by atoms with Crippen molar-refractivity contribution in [3.8, 4) is 0 Å². The number of pyridine rings is 1. The van der Waals surface area contributed by atoms with Crippen LogP contribution in [0.25, 0.3) is 0 Å². The molecule has 42 heavy (non-hydrogen) atoms. The smallest absolute Gasteiger partial charge is 0.367 e. The third kappa shape index (κ3) is 6.34. The molecular weight excluding hydrogens is 560 g/mol. The van der Waals surface area contributed by atoms with E-state index in [-0.39, 0.29) is 18.1 Å². The predicted octanol–water partition coefficient (Wildman–Crippen LogP) is 6.81. The molecule has 3 heterocycles. The number of fused-ring (bicyclic) bond motifs is 1. The summed E-state index contributed by atoms with van der Waals surface area (Å²) >= 11 is 0. The van der Waals surface area contributed by atoms with Crippen molar-refractivity contribution in [3.05, 3.63) is 93.8 Å². The topological polar surface area (TPSA) is 63.0 Å². The van der Waals surface area contributed by atoms with Crippen molar-refractivity contribution in [2.24, 2.45) is 7.05 Å². The van der Waals surface area contributed by atoms with Crippen LogP contribution in [-0.4, -0.2) is 31.7 Å². The van der Waals surface area contributed by atoms with E-state index in [0.717, 1.165) is 17.7 Å². The molecule has 1 aliphatic rings. The van der Waals surface area contributed by atoms with Gasteiger partial charge >= 0.3 is 12.4 Å². The highest BCUT2D eigenvalue weighted by molar-refractivity contribution is 5.62. The molecule has 4 aromatic rings. The van der Waals surface area contributed by atoms with Crippen LogP contribution in [0.3, 0.4) is 0 Å². The summed E-state index contributed by atoms with van der Waals surface area (Å²) in [6.07, 6.45) is -4.74. The van der Waals surface area contributed by atoms with Crippen LogP contribution >= 0.6 is 0 Å². The standard InChI is InChI=1S/C29H29F6N7/c1-18-11-21(14-22(12-18)28(30,31)32)17-42(27-37-39-40(3)38-27)25-5-4-10-41(16-20-6-8-36-9-7-20)26-15-24(29(33,34)35)19(2)13-23(25)26/h6-9,11-15,25H,4-5,10,16-17H2,1-3H3. The van der Waals surface area contributed by atoms with Crippen molar-refractivity contribution >= 4 is 11.6 Å². The SMILES string of the molecule is Cc1cc(CN(c2nnn(C)n2)C2CCCN(Cc3ccncc3)c3cc(C(F)(F)F)c(C)cc32)cc(C(F)(F)F)c1. The largest absolute Gasteiger partial charge is 0.416 e. The van der Waals surface area contributed by atoms with Gasteiger partial charge in [0.1, 0.15) is 0 Å². The third-order valence-electron chi connectivity index (χ3n) is 7.36. The molecule has 2 aromatic heterocycles. The van der Waals surface area contributed by atoms with Gasteiger partial charge in [0.05, 0.1) is 24.2 Å². The Hall–Kier alpha value is -4.16. The minimum absolute atomic E-state index is 0.00894. The molecule has 1 unspecified atom stereocenters. The number of tetrazole rings is 1. The number of alkyl halides is 6. The molecule has 0 fully saturated rings. The van der Waals surface area contributed by atoms with Gasteiger partial charge in [-0.1, -0.05) is 22.8 Å². The highest BCUT2D eigenvalue weighted by Gasteiger charge is 2.37. The fourth-order valence-corrected chi connectivity index (χ4v) is 5.54. The lowest BCUT2D eigenvalue weighted by Gasteiger charge is -2.33. The first-order valence-corrected chi connectivity index (χ1v) is 13.3. The highest BCUT2D eigenvalue weighted by Crippen LogP contribution is 2.44. The number of hydrogen-bond donors (Lipinski definition) is 0. The van der Waals surface area contributed by atoms with Crippen LogP contribution in [0, 0.1) is 13.8 Å². The third-order valence-corrected chi connectivity index (χ3v) is 7.36. The molecule has 7 nitrogen and oxygen atoms in total. The molecule has 0 bridgehead atoms. The van der Waals surface area contributed by atoms with E-state index in [0.29, 0.717) is 48.3 Å². The zero-order valence-electron chi connectivity index (χ0n) is 23.2. The molecule has 13 heteroatoms. The van der Waals surface area contributed by atoms with E-state index in [1.165, 1.54) is 23.9 Å². The lowest BCUT2D eigenvalue weighted by Crippen LogP contribution is -2.30. The van der Waals surface area contributed by atoms with Crippen molar-refractivity contribution in [2.45, 2.75) is 58.2 Å². The quantitative estimate of drug-likeness (QED) is 0.231. The van der Waals surface area contributed by atoms with Gasteiger partial charge in [-0.2, -0.15) is 31.1 Å². The van der Waals surface area contributed by atoms with Crippen LogP contribution in [0.4, 0.5) is 38.0 Å². The summed E-state index contributed by atoms with van der Waals surface area (Å²) in [4.78, 5) is 8.92. The summed E-state index contributed by atoms with van der Waals surface area (Å²) in [7, 11) is 1.57. The normalized spacial score (nSPS) is 15.8. The molecule has 0 saturated heterocycles. The van der Waals surface area contributed by atoms with Crippen molar-refractivity contribution in [3.63, 3.8) is 0 Å². The summed E-state index contributed by atoms with van der Waals surface area (Å²) in [6.45, 7) is 3.82. The Labute approximate surface area is 238 Å². The molecule has 2 aromatic carbocycles. The monoisotopic (exact) mass is 589 g/mol. The maximum absolute atomic E-state index is 14.1. The summed E-state index contributed by atoms with van der Waals surface area (Å²) in [5, 5.41) is 12.4. The maximum Gasteiger partial charge on any atom is 0.416 e. The first kappa shape index (κ1) is 29.3. The molecule has 222 valence electrons. The summed E-state index contributed by atoms with van der Waals surface area (Å²) in [5.41, 5.74) is 1.25. The average Bonchev–Trinajstić information content (AvgIpc) is 3.26. The van der Waals surface area contributed by atoms with Gasteiger partial charge in [0, 0.05) is 37.7 Å². The van der Waals surface area contributed by atoms with Gasteiger partial charge in [0.25, 0.3) is 5.95 Å². The van der Waals surface area contributed by atoms with E-state index in [4.69, 9.17) is 0 Å². The molecule has 5 rings (SSSR count). The minimum atomic E-state index is -4.56. The van der Waals surface area contributed by atoms with Crippen LogP contribution in [0.1, 0.15) is 57.8 Å². The molecule has 0 radical (unpaired) electrons. The second-order valence-electron chi connectivity index (χ2n) is 10.6. The lowest BCUT2D eigenvalue weighted by molar-refractivity contribution is -0.138. The highest BCUT2D eigenvalue weighted by atomic mass is 19.4. The van der Waals surface area contributed by atoms with Gasteiger partial charge < -0.3 is 9.80 Å². The molecule has 0 saturated carbocycles. The van der Waals surface area contributed by atoms with E-state index in [1.807, 2.05) is 17.0 Å². The van der Waals surface area contributed by atoms with Gasteiger partial charge in [-0.3, -0.25) is 4.98 Å². The Morgan fingerprint density at radius 1 is 0.929 bits per heavy atom. The molecule has 0 N–H and O–H groups in total. The number of benzene rings is 2. The van der Waals surface area contributed by atoms with Gasteiger partial charge in [-0.15, -0.1) is 5.10 Å². The van der Waals surface area contributed by atoms with Crippen LogP contribution in [-0.2, 0) is 32.5 Å². The second-order valence-corrected chi connectivity index (χ2v) is 10.6. The minimum Gasteiger partial charge on any atom is -0.367 e. The fraction of sp³-hybridized carbons (Fsp3) is 0.379. The first-order valence-electron chi connectivity index (χ1n) is 13.3. The Morgan fingerprint density at radius 2 is 1.67 bits per heavy atom. The number of nitrogens with zero attached hydrogens (tertiary/aromatic N) is 7. The number of anilines is 2. The van der Waals surface area contributed by atoms with E-state index in [1.54, 1.807) is 37.3 Å². The number of rotatable bonds is 6. The Morgan fingerprint density at radius 3 is 2.31 bits per heavy atom. The summed E-state index contributed by atoms with van der Waals surface area (Å²) in [6, 6.07) is 9.62. The number of halogens is 6. The number of aryl methyl sites for hydroxylation is 3. The Kier molecular flexibility index (Phi) is 7.86. The lowest BCUT2D eigenvalue weighted by atomic mass is 9.94. The van der Waals surface area contributed by atoms with Crippen LogP contribution < -0.4 is 9.80 Å². The van der Waals surface area contributed by atoms with E-state index in [2.05, 4.69) is 20.4 Å².